The molecule has 0 bridgehead atoms. The SMILES string of the molecule is CC[C@H](C)c1ccccc1NC(=O)COc1c(C)cc(Br)cc1Cl. The van der Waals surface area contributed by atoms with Crippen LogP contribution in [0.5, 0.6) is 5.75 Å². The molecule has 0 saturated heterocycles. The normalized spacial score (nSPS) is 11.9. The highest BCUT2D eigenvalue weighted by Gasteiger charge is 2.13. The zero-order chi connectivity index (χ0) is 17.7. The number of hydrogen-bond donors (Lipinski definition) is 1. The number of carbonyl (C=O) groups excluding carboxylic acids is 1. The number of ether oxygens (including phenoxy) is 1. The standard InChI is InChI=1S/C19H21BrClNO2/c1-4-12(2)15-7-5-6-8-17(15)22-18(23)11-24-19-13(3)9-14(20)10-16(19)21/h5-10,12H,4,11H2,1-3H3,(H,22,23)/t12-/m0/s1. The fraction of sp³-hybridized carbons (Fsp3) is 0.316. The van der Waals surface area contributed by atoms with Crippen LogP contribution in [-0.4, -0.2) is 12.5 Å². The molecule has 0 saturated carbocycles. The Morgan fingerprint density at radius 2 is 2.04 bits per heavy atom. The Balaban J connectivity index is 2.05. The lowest BCUT2D eigenvalue weighted by Gasteiger charge is -2.16. The molecule has 2 aromatic carbocycles. The third-order valence-corrected chi connectivity index (χ3v) is 4.66. The van der Waals surface area contributed by atoms with E-state index in [9.17, 15) is 4.79 Å². The first kappa shape index (κ1) is 18.8. The van der Waals surface area contributed by atoms with Crippen molar-refractivity contribution >= 4 is 39.1 Å². The fourth-order valence-electron chi connectivity index (χ4n) is 2.46. The Labute approximate surface area is 156 Å². The molecule has 0 radical (unpaired) electrons. The summed E-state index contributed by atoms with van der Waals surface area (Å²) in [5, 5.41) is 3.41. The Morgan fingerprint density at radius 1 is 1.33 bits per heavy atom. The molecule has 0 aromatic heterocycles. The van der Waals surface area contributed by atoms with Crippen LogP contribution in [0.25, 0.3) is 0 Å². The van der Waals surface area contributed by atoms with Crippen molar-refractivity contribution in [3.8, 4) is 5.75 Å². The van der Waals surface area contributed by atoms with Gasteiger partial charge in [0.05, 0.1) is 5.02 Å². The first-order valence-electron chi connectivity index (χ1n) is 7.89. The van der Waals surface area contributed by atoms with Crippen LogP contribution in [0.1, 0.15) is 37.3 Å². The number of aryl methyl sites for hydroxylation is 1. The van der Waals surface area contributed by atoms with Crippen molar-refractivity contribution in [2.24, 2.45) is 0 Å². The van der Waals surface area contributed by atoms with Gasteiger partial charge in [0.1, 0.15) is 5.75 Å². The highest BCUT2D eigenvalue weighted by molar-refractivity contribution is 9.10. The topological polar surface area (TPSA) is 38.3 Å². The fourth-order valence-corrected chi connectivity index (χ4v) is 3.48. The van der Waals surface area contributed by atoms with E-state index in [-0.39, 0.29) is 12.5 Å². The van der Waals surface area contributed by atoms with Crippen molar-refractivity contribution < 1.29 is 9.53 Å². The number of carbonyl (C=O) groups is 1. The number of nitrogens with one attached hydrogen (secondary N) is 1. The van der Waals surface area contributed by atoms with Gasteiger partial charge in [-0.15, -0.1) is 0 Å². The molecule has 0 aliphatic carbocycles. The number of rotatable bonds is 6. The molecule has 1 amide bonds. The predicted octanol–water partition coefficient (Wildman–Crippen LogP) is 5.94. The summed E-state index contributed by atoms with van der Waals surface area (Å²) < 4.78 is 6.50. The maximum Gasteiger partial charge on any atom is 0.262 e. The lowest BCUT2D eigenvalue weighted by Crippen LogP contribution is -2.21. The largest absolute Gasteiger partial charge is 0.482 e. The van der Waals surface area contributed by atoms with Gasteiger partial charge in [0.25, 0.3) is 5.91 Å². The summed E-state index contributed by atoms with van der Waals surface area (Å²) in [6, 6.07) is 11.5. The van der Waals surface area contributed by atoms with Crippen LogP contribution in [0, 0.1) is 6.92 Å². The Morgan fingerprint density at radius 3 is 2.71 bits per heavy atom. The second kappa shape index (κ2) is 8.54. The van der Waals surface area contributed by atoms with Gasteiger partial charge in [-0.1, -0.05) is 59.6 Å². The van der Waals surface area contributed by atoms with E-state index in [2.05, 4.69) is 35.1 Å². The summed E-state index contributed by atoms with van der Waals surface area (Å²) in [5.74, 6) is 0.708. The van der Waals surface area contributed by atoms with E-state index in [1.54, 1.807) is 6.07 Å². The molecule has 0 spiro atoms. The molecule has 0 heterocycles. The van der Waals surface area contributed by atoms with Gasteiger partial charge < -0.3 is 10.1 Å². The van der Waals surface area contributed by atoms with E-state index in [0.29, 0.717) is 16.7 Å². The van der Waals surface area contributed by atoms with Gasteiger partial charge >= 0.3 is 0 Å². The van der Waals surface area contributed by atoms with Gasteiger partial charge in [-0.05, 0) is 48.6 Å². The summed E-state index contributed by atoms with van der Waals surface area (Å²) in [6.07, 6.45) is 1.01. The molecule has 24 heavy (non-hydrogen) atoms. The Kier molecular flexibility index (Phi) is 6.69. The van der Waals surface area contributed by atoms with Crippen LogP contribution >= 0.6 is 27.5 Å². The summed E-state index contributed by atoms with van der Waals surface area (Å²) in [5.41, 5.74) is 2.84. The van der Waals surface area contributed by atoms with E-state index in [1.807, 2.05) is 37.3 Å². The number of anilines is 1. The highest BCUT2D eigenvalue weighted by atomic mass is 79.9. The number of halogens is 2. The van der Waals surface area contributed by atoms with Crippen molar-refractivity contribution in [3.63, 3.8) is 0 Å². The van der Waals surface area contributed by atoms with E-state index in [4.69, 9.17) is 16.3 Å². The van der Waals surface area contributed by atoms with Crippen LogP contribution in [-0.2, 0) is 4.79 Å². The minimum atomic E-state index is -0.205. The summed E-state index contributed by atoms with van der Waals surface area (Å²) in [4.78, 5) is 12.3. The molecule has 0 aliphatic rings. The van der Waals surface area contributed by atoms with Gasteiger partial charge in [0.15, 0.2) is 6.61 Å². The molecule has 2 aromatic rings. The van der Waals surface area contributed by atoms with Crippen molar-refractivity contribution in [1.82, 2.24) is 0 Å². The zero-order valence-corrected chi connectivity index (χ0v) is 16.4. The lowest BCUT2D eigenvalue weighted by atomic mass is 9.97. The van der Waals surface area contributed by atoms with Crippen molar-refractivity contribution in [3.05, 3.63) is 57.0 Å². The van der Waals surface area contributed by atoms with Crippen molar-refractivity contribution in [1.29, 1.82) is 0 Å². The summed E-state index contributed by atoms with van der Waals surface area (Å²) in [7, 11) is 0. The average molecular weight is 411 g/mol. The van der Waals surface area contributed by atoms with E-state index >= 15 is 0 Å². The third kappa shape index (κ3) is 4.74. The molecule has 0 fully saturated rings. The first-order chi connectivity index (χ1) is 11.4. The molecular weight excluding hydrogens is 390 g/mol. The molecule has 2 rings (SSSR count). The number of para-hydroxylation sites is 1. The maximum absolute atomic E-state index is 12.3. The molecule has 3 nitrogen and oxygen atoms in total. The molecule has 128 valence electrons. The van der Waals surface area contributed by atoms with Crippen LogP contribution in [0.2, 0.25) is 5.02 Å². The van der Waals surface area contributed by atoms with Gasteiger partial charge in [-0.2, -0.15) is 0 Å². The van der Waals surface area contributed by atoms with Crippen molar-refractivity contribution in [2.75, 3.05) is 11.9 Å². The smallest absolute Gasteiger partial charge is 0.262 e. The first-order valence-corrected chi connectivity index (χ1v) is 9.06. The second-order valence-corrected chi connectivity index (χ2v) is 7.09. The minimum absolute atomic E-state index is 0.0863. The molecule has 0 unspecified atom stereocenters. The van der Waals surface area contributed by atoms with Crippen LogP contribution in [0.3, 0.4) is 0 Å². The maximum atomic E-state index is 12.3. The molecule has 0 aliphatic heterocycles. The number of amides is 1. The predicted molar refractivity (Wildman–Crippen MR) is 103 cm³/mol. The Hall–Kier alpha value is -1.52. The van der Waals surface area contributed by atoms with Crippen LogP contribution < -0.4 is 10.1 Å². The highest BCUT2D eigenvalue weighted by Crippen LogP contribution is 2.32. The molecular formula is C19H21BrClNO2. The van der Waals surface area contributed by atoms with Crippen LogP contribution in [0.15, 0.2) is 40.9 Å². The van der Waals surface area contributed by atoms with E-state index in [1.165, 1.54) is 0 Å². The van der Waals surface area contributed by atoms with Crippen molar-refractivity contribution in [2.45, 2.75) is 33.1 Å². The van der Waals surface area contributed by atoms with E-state index < -0.39 is 0 Å². The number of benzene rings is 2. The third-order valence-electron chi connectivity index (χ3n) is 3.92. The minimum Gasteiger partial charge on any atom is -0.482 e. The van der Waals surface area contributed by atoms with E-state index in [0.717, 1.165) is 27.7 Å². The molecule has 1 atom stereocenters. The lowest BCUT2D eigenvalue weighted by molar-refractivity contribution is -0.118. The zero-order valence-electron chi connectivity index (χ0n) is 14.0. The van der Waals surface area contributed by atoms with Gasteiger partial charge in [0, 0.05) is 10.2 Å². The molecule has 1 N–H and O–H groups in total. The summed E-state index contributed by atoms with van der Waals surface area (Å²) in [6.45, 7) is 6.08. The van der Waals surface area contributed by atoms with Gasteiger partial charge in [-0.3, -0.25) is 4.79 Å². The van der Waals surface area contributed by atoms with Gasteiger partial charge in [0.2, 0.25) is 0 Å². The summed E-state index contributed by atoms with van der Waals surface area (Å²) >= 11 is 9.56. The van der Waals surface area contributed by atoms with Crippen LogP contribution in [0.4, 0.5) is 5.69 Å². The average Bonchev–Trinajstić information content (AvgIpc) is 2.53. The quantitative estimate of drug-likeness (QED) is 0.640. The molecule has 5 heteroatoms. The number of hydrogen-bond acceptors (Lipinski definition) is 2. The Bertz CT molecular complexity index is 710. The van der Waals surface area contributed by atoms with Gasteiger partial charge in [-0.25, -0.2) is 0 Å². The second-order valence-electron chi connectivity index (χ2n) is 5.77. The monoisotopic (exact) mass is 409 g/mol.